The first-order valence-electron chi connectivity index (χ1n) is 8.84. The topological polar surface area (TPSA) is 46.5 Å². The standard InChI is InChI=1S/C20H23N3O3/c1-24-17-7-5-16(6-8-17)14-26-20-4-2-3-19-18(20)13-21-15-23(19)22-9-11-25-12-10-22/h2-8,13H,9-12,14-15H2,1H3. The number of fused-ring (bicyclic) bond motifs is 1. The SMILES string of the molecule is COc1ccc(COc2cccc3c2C=NCN3N2CCOCC2)cc1. The smallest absolute Gasteiger partial charge is 0.130 e. The van der Waals surface area contributed by atoms with Gasteiger partial charge in [-0.05, 0) is 29.8 Å². The Morgan fingerprint density at radius 1 is 1.08 bits per heavy atom. The minimum absolute atomic E-state index is 0.506. The monoisotopic (exact) mass is 353 g/mol. The summed E-state index contributed by atoms with van der Waals surface area (Å²) in [5, 5.41) is 4.52. The summed E-state index contributed by atoms with van der Waals surface area (Å²) >= 11 is 0. The Morgan fingerprint density at radius 2 is 1.88 bits per heavy atom. The quantitative estimate of drug-likeness (QED) is 0.827. The van der Waals surface area contributed by atoms with E-state index in [1.54, 1.807) is 7.11 Å². The third-order valence-corrected chi connectivity index (χ3v) is 4.64. The number of methoxy groups -OCH3 is 1. The molecule has 4 rings (SSSR count). The van der Waals surface area contributed by atoms with Crippen molar-refractivity contribution in [2.75, 3.05) is 45.1 Å². The number of morpholine rings is 1. The van der Waals surface area contributed by atoms with E-state index < -0.39 is 0 Å². The molecule has 2 aromatic rings. The maximum atomic E-state index is 6.10. The van der Waals surface area contributed by atoms with E-state index in [0.29, 0.717) is 13.3 Å². The van der Waals surface area contributed by atoms with E-state index in [1.165, 1.54) is 0 Å². The fraction of sp³-hybridized carbons (Fsp3) is 0.350. The Hall–Kier alpha value is -2.57. The molecule has 6 nitrogen and oxygen atoms in total. The summed E-state index contributed by atoms with van der Waals surface area (Å²) in [5.74, 6) is 1.69. The Labute approximate surface area is 153 Å². The molecule has 1 saturated heterocycles. The van der Waals surface area contributed by atoms with Crippen molar-refractivity contribution in [3.05, 3.63) is 53.6 Å². The number of hydrogen-bond acceptors (Lipinski definition) is 6. The molecule has 2 aliphatic heterocycles. The summed E-state index contributed by atoms with van der Waals surface area (Å²) in [6.07, 6.45) is 1.91. The average Bonchev–Trinajstić information content (AvgIpc) is 2.73. The number of nitrogens with zero attached hydrogens (tertiary/aromatic N) is 3. The normalized spacial score (nSPS) is 17.0. The molecule has 0 spiro atoms. The number of rotatable bonds is 5. The lowest BCUT2D eigenvalue weighted by Crippen LogP contribution is -2.50. The third kappa shape index (κ3) is 3.52. The molecule has 2 aromatic carbocycles. The molecule has 0 saturated carbocycles. The third-order valence-electron chi connectivity index (χ3n) is 4.64. The first-order chi connectivity index (χ1) is 12.8. The van der Waals surface area contributed by atoms with Gasteiger partial charge in [-0.25, -0.2) is 5.01 Å². The van der Waals surface area contributed by atoms with Crippen LogP contribution in [-0.2, 0) is 11.3 Å². The molecule has 1 fully saturated rings. The Morgan fingerprint density at radius 3 is 2.65 bits per heavy atom. The molecule has 0 aliphatic carbocycles. The highest BCUT2D eigenvalue weighted by molar-refractivity contribution is 5.93. The second-order valence-electron chi connectivity index (χ2n) is 6.24. The van der Waals surface area contributed by atoms with Gasteiger partial charge in [0.1, 0.15) is 24.8 Å². The molecule has 0 aromatic heterocycles. The van der Waals surface area contributed by atoms with E-state index in [4.69, 9.17) is 14.2 Å². The zero-order valence-electron chi connectivity index (χ0n) is 14.9. The summed E-state index contributed by atoms with van der Waals surface area (Å²) in [6.45, 7) is 4.41. The first kappa shape index (κ1) is 16.9. The highest BCUT2D eigenvalue weighted by Gasteiger charge is 2.24. The van der Waals surface area contributed by atoms with Crippen LogP contribution in [-0.4, -0.2) is 51.3 Å². The lowest BCUT2D eigenvalue weighted by molar-refractivity contribution is 0.0318. The molecular weight excluding hydrogens is 330 g/mol. The zero-order chi connectivity index (χ0) is 17.8. The van der Waals surface area contributed by atoms with Gasteiger partial charge in [-0.2, -0.15) is 0 Å². The molecular formula is C20H23N3O3. The van der Waals surface area contributed by atoms with Crippen molar-refractivity contribution in [3.63, 3.8) is 0 Å². The lowest BCUT2D eigenvalue weighted by Gasteiger charge is -2.39. The van der Waals surface area contributed by atoms with E-state index in [9.17, 15) is 0 Å². The van der Waals surface area contributed by atoms with Gasteiger partial charge < -0.3 is 14.2 Å². The van der Waals surface area contributed by atoms with Gasteiger partial charge in [0.2, 0.25) is 0 Å². The number of ether oxygens (including phenoxy) is 3. The van der Waals surface area contributed by atoms with Crippen LogP contribution < -0.4 is 14.5 Å². The van der Waals surface area contributed by atoms with Crippen LogP contribution in [0.3, 0.4) is 0 Å². The van der Waals surface area contributed by atoms with Crippen LogP contribution >= 0.6 is 0 Å². The predicted molar refractivity (Wildman–Crippen MR) is 101 cm³/mol. The highest BCUT2D eigenvalue weighted by Crippen LogP contribution is 2.32. The Bertz CT molecular complexity index is 770. The minimum Gasteiger partial charge on any atom is -0.497 e. The van der Waals surface area contributed by atoms with Crippen molar-refractivity contribution in [3.8, 4) is 11.5 Å². The molecule has 0 unspecified atom stereocenters. The summed E-state index contributed by atoms with van der Waals surface area (Å²) in [7, 11) is 1.67. The number of hydrogen-bond donors (Lipinski definition) is 0. The van der Waals surface area contributed by atoms with Gasteiger partial charge in [-0.3, -0.25) is 10.0 Å². The predicted octanol–water partition coefficient (Wildman–Crippen LogP) is 2.72. The fourth-order valence-corrected chi connectivity index (χ4v) is 3.22. The number of aliphatic imine (C=N–C) groups is 1. The molecule has 2 aliphatic rings. The van der Waals surface area contributed by atoms with Gasteiger partial charge in [0.25, 0.3) is 0 Å². The average molecular weight is 353 g/mol. The molecule has 0 atom stereocenters. The van der Waals surface area contributed by atoms with Crippen molar-refractivity contribution in [2.45, 2.75) is 6.61 Å². The molecule has 26 heavy (non-hydrogen) atoms. The van der Waals surface area contributed by atoms with Crippen LogP contribution in [0.25, 0.3) is 0 Å². The van der Waals surface area contributed by atoms with Crippen LogP contribution in [0.4, 0.5) is 5.69 Å². The van der Waals surface area contributed by atoms with Crippen LogP contribution in [0, 0.1) is 0 Å². The van der Waals surface area contributed by atoms with Crippen LogP contribution in [0.2, 0.25) is 0 Å². The minimum atomic E-state index is 0.506. The van der Waals surface area contributed by atoms with E-state index in [1.807, 2.05) is 42.6 Å². The summed E-state index contributed by atoms with van der Waals surface area (Å²) in [4.78, 5) is 4.54. The summed E-state index contributed by atoms with van der Waals surface area (Å²) in [5.41, 5.74) is 3.26. The summed E-state index contributed by atoms with van der Waals surface area (Å²) < 4.78 is 16.8. The molecule has 136 valence electrons. The second-order valence-corrected chi connectivity index (χ2v) is 6.24. The van der Waals surface area contributed by atoms with E-state index in [0.717, 1.165) is 54.6 Å². The molecule has 0 bridgehead atoms. The molecule has 6 heteroatoms. The molecule has 0 N–H and O–H groups in total. The van der Waals surface area contributed by atoms with Crippen molar-refractivity contribution in [1.82, 2.24) is 5.01 Å². The van der Waals surface area contributed by atoms with Crippen molar-refractivity contribution >= 4 is 11.9 Å². The van der Waals surface area contributed by atoms with Crippen LogP contribution in [0.5, 0.6) is 11.5 Å². The Kier molecular flexibility index (Phi) is 5.04. The van der Waals surface area contributed by atoms with Crippen molar-refractivity contribution in [1.29, 1.82) is 0 Å². The van der Waals surface area contributed by atoms with E-state index >= 15 is 0 Å². The number of benzene rings is 2. The van der Waals surface area contributed by atoms with Crippen LogP contribution in [0.15, 0.2) is 47.5 Å². The molecule has 2 heterocycles. The maximum Gasteiger partial charge on any atom is 0.130 e. The summed E-state index contributed by atoms with van der Waals surface area (Å²) in [6, 6.07) is 14.1. The van der Waals surface area contributed by atoms with E-state index in [-0.39, 0.29) is 0 Å². The first-order valence-corrected chi connectivity index (χ1v) is 8.84. The lowest BCUT2D eigenvalue weighted by atomic mass is 10.1. The fourth-order valence-electron chi connectivity index (χ4n) is 3.22. The number of anilines is 1. The van der Waals surface area contributed by atoms with Gasteiger partial charge in [0.05, 0.1) is 31.6 Å². The molecule has 0 radical (unpaired) electrons. The van der Waals surface area contributed by atoms with Crippen molar-refractivity contribution < 1.29 is 14.2 Å². The highest BCUT2D eigenvalue weighted by atomic mass is 16.5. The number of hydrazine groups is 1. The van der Waals surface area contributed by atoms with E-state index in [2.05, 4.69) is 21.1 Å². The van der Waals surface area contributed by atoms with Gasteiger partial charge in [0, 0.05) is 19.3 Å². The molecule has 0 amide bonds. The second kappa shape index (κ2) is 7.76. The van der Waals surface area contributed by atoms with Gasteiger partial charge in [0.15, 0.2) is 0 Å². The largest absolute Gasteiger partial charge is 0.497 e. The van der Waals surface area contributed by atoms with Gasteiger partial charge >= 0.3 is 0 Å². The van der Waals surface area contributed by atoms with Gasteiger partial charge in [-0.15, -0.1) is 0 Å². The maximum absolute atomic E-state index is 6.10. The zero-order valence-corrected chi connectivity index (χ0v) is 14.9. The van der Waals surface area contributed by atoms with Crippen molar-refractivity contribution in [2.24, 2.45) is 4.99 Å². The van der Waals surface area contributed by atoms with Crippen LogP contribution in [0.1, 0.15) is 11.1 Å². The Balaban J connectivity index is 1.51. The van der Waals surface area contributed by atoms with Gasteiger partial charge in [-0.1, -0.05) is 18.2 Å².